The molecule has 19 heavy (non-hydrogen) atoms. The Morgan fingerprint density at radius 2 is 1.89 bits per heavy atom. The Balaban J connectivity index is 1.97. The molecule has 1 aromatic carbocycles. The van der Waals surface area contributed by atoms with Gasteiger partial charge in [0.05, 0.1) is 0 Å². The van der Waals surface area contributed by atoms with Crippen molar-refractivity contribution in [2.75, 3.05) is 6.54 Å². The van der Waals surface area contributed by atoms with E-state index < -0.39 is 0 Å². The molecular formula is C16H24N2O. The first-order valence-electron chi connectivity index (χ1n) is 7.04. The summed E-state index contributed by atoms with van der Waals surface area (Å²) in [6.45, 7) is 8.90. The highest BCUT2D eigenvalue weighted by molar-refractivity contribution is 5.92. The fraction of sp³-hybridized carbons (Fsp3) is 0.562. The van der Waals surface area contributed by atoms with E-state index in [0.29, 0.717) is 17.0 Å². The maximum absolute atomic E-state index is 11.0. The van der Waals surface area contributed by atoms with Crippen LogP contribution in [0.3, 0.4) is 0 Å². The van der Waals surface area contributed by atoms with Gasteiger partial charge in [-0.05, 0) is 42.5 Å². The lowest BCUT2D eigenvalue weighted by Gasteiger charge is -2.48. The van der Waals surface area contributed by atoms with E-state index in [-0.39, 0.29) is 5.91 Å². The minimum atomic E-state index is -0.361. The standard InChI is InChI=1S/C16H24N2O/c1-4-18(14-9-16(2,3)10-14)11-12-5-7-13(8-6-12)15(17)19/h5-8,14H,4,9-11H2,1-3H3,(H2,17,19). The van der Waals surface area contributed by atoms with Gasteiger partial charge in [-0.15, -0.1) is 0 Å². The molecule has 1 saturated carbocycles. The fourth-order valence-corrected chi connectivity index (χ4v) is 2.98. The van der Waals surface area contributed by atoms with E-state index in [9.17, 15) is 4.79 Å². The molecule has 104 valence electrons. The van der Waals surface area contributed by atoms with Gasteiger partial charge in [0, 0.05) is 18.2 Å². The van der Waals surface area contributed by atoms with E-state index in [0.717, 1.165) is 13.1 Å². The van der Waals surface area contributed by atoms with Gasteiger partial charge in [-0.25, -0.2) is 0 Å². The molecule has 1 aliphatic rings. The van der Waals surface area contributed by atoms with Crippen LogP contribution in [-0.2, 0) is 6.54 Å². The molecule has 1 aromatic rings. The number of nitrogens with zero attached hydrogens (tertiary/aromatic N) is 1. The van der Waals surface area contributed by atoms with E-state index >= 15 is 0 Å². The van der Waals surface area contributed by atoms with Crippen LogP contribution in [0.25, 0.3) is 0 Å². The molecule has 0 heterocycles. The SMILES string of the molecule is CCN(Cc1ccc(C(N)=O)cc1)C1CC(C)(C)C1. The number of hydrogen-bond donors (Lipinski definition) is 1. The zero-order chi connectivity index (χ0) is 14.0. The number of amides is 1. The number of hydrogen-bond acceptors (Lipinski definition) is 2. The van der Waals surface area contributed by atoms with Crippen LogP contribution >= 0.6 is 0 Å². The monoisotopic (exact) mass is 260 g/mol. The summed E-state index contributed by atoms with van der Waals surface area (Å²) in [6, 6.07) is 8.35. The number of carbonyl (C=O) groups is 1. The molecule has 3 heteroatoms. The first-order valence-corrected chi connectivity index (χ1v) is 7.04. The van der Waals surface area contributed by atoms with Crippen LogP contribution < -0.4 is 5.73 Å². The quantitative estimate of drug-likeness (QED) is 0.885. The van der Waals surface area contributed by atoms with Gasteiger partial charge < -0.3 is 5.73 Å². The van der Waals surface area contributed by atoms with Crippen molar-refractivity contribution < 1.29 is 4.79 Å². The molecule has 0 spiro atoms. The molecular weight excluding hydrogens is 236 g/mol. The first kappa shape index (κ1) is 14.1. The maximum Gasteiger partial charge on any atom is 0.248 e. The van der Waals surface area contributed by atoms with Gasteiger partial charge in [0.15, 0.2) is 0 Å². The van der Waals surface area contributed by atoms with Gasteiger partial charge in [-0.1, -0.05) is 32.9 Å². The predicted octanol–water partition coefficient (Wildman–Crippen LogP) is 2.80. The van der Waals surface area contributed by atoms with Crippen molar-refractivity contribution in [3.8, 4) is 0 Å². The van der Waals surface area contributed by atoms with Crippen LogP contribution in [0.15, 0.2) is 24.3 Å². The Morgan fingerprint density at radius 3 is 2.32 bits per heavy atom. The molecule has 0 aromatic heterocycles. The van der Waals surface area contributed by atoms with Gasteiger partial charge in [0.25, 0.3) is 0 Å². The number of carbonyl (C=O) groups excluding carboxylic acids is 1. The normalized spacial score (nSPS) is 18.3. The lowest BCUT2D eigenvalue weighted by molar-refractivity contribution is 0.0239. The number of nitrogens with two attached hydrogens (primary N) is 1. The van der Waals surface area contributed by atoms with Gasteiger partial charge >= 0.3 is 0 Å². The van der Waals surface area contributed by atoms with Crippen LogP contribution in [0.1, 0.15) is 49.5 Å². The Labute approximate surface area is 115 Å². The molecule has 1 amide bonds. The molecule has 1 fully saturated rings. The molecule has 0 saturated heterocycles. The van der Waals surface area contributed by atoms with Crippen molar-refractivity contribution >= 4 is 5.91 Å². The Morgan fingerprint density at radius 1 is 1.32 bits per heavy atom. The third-order valence-electron chi connectivity index (χ3n) is 4.12. The zero-order valence-corrected chi connectivity index (χ0v) is 12.1. The number of benzene rings is 1. The van der Waals surface area contributed by atoms with E-state index in [1.54, 1.807) is 0 Å². The molecule has 0 bridgehead atoms. The molecule has 1 aliphatic carbocycles. The van der Waals surface area contributed by atoms with Gasteiger partial charge in [-0.3, -0.25) is 9.69 Å². The lowest BCUT2D eigenvalue weighted by Crippen LogP contribution is -2.48. The average Bonchev–Trinajstić information content (AvgIpc) is 2.33. The minimum Gasteiger partial charge on any atom is -0.366 e. The topological polar surface area (TPSA) is 46.3 Å². The van der Waals surface area contributed by atoms with Crippen LogP contribution in [0.5, 0.6) is 0 Å². The second kappa shape index (κ2) is 5.33. The Kier molecular flexibility index (Phi) is 3.95. The summed E-state index contributed by atoms with van der Waals surface area (Å²) in [5, 5.41) is 0. The molecule has 0 unspecified atom stereocenters. The summed E-state index contributed by atoms with van der Waals surface area (Å²) in [5.74, 6) is -0.361. The largest absolute Gasteiger partial charge is 0.366 e. The third kappa shape index (κ3) is 3.35. The van der Waals surface area contributed by atoms with Crippen molar-refractivity contribution in [2.24, 2.45) is 11.1 Å². The third-order valence-corrected chi connectivity index (χ3v) is 4.12. The average molecular weight is 260 g/mol. The Bertz CT molecular complexity index is 442. The van der Waals surface area contributed by atoms with Crippen molar-refractivity contribution in [2.45, 2.75) is 46.2 Å². The number of rotatable bonds is 5. The highest BCUT2D eigenvalue weighted by Gasteiger charge is 2.38. The van der Waals surface area contributed by atoms with Gasteiger partial charge in [0.1, 0.15) is 0 Å². The van der Waals surface area contributed by atoms with Crippen LogP contribution in [0.2, 0.25) is 0 Å². The summed E-state index contributed by atoms with van der Waals surface area (Å²) >= 11 is 0. The Hall–Kier alpha value is -1.35. The predicted molar refractivity (Wildman–Crippen MR) is 77.8 cm³/mol. The smallest absolute Gasteiger partial charge is 0.248 e. The second-order valence-corrected chi connectivity index (χ2v) is 6.35. The fourth-order valence-electron chi connectivity index (χ4n) is 2.98. The summed E-state index contributed by atoms with van der Waals surface area (Å²) in [5.41, 5.74) is 7.59. The minimum absolute atomic E-state index is 0.361. The maximum atomic E-state index is 11.0. The van der Waals surface area contributed by atoms with Crippen LogP contribution in [-0.4, -0.2) is 23.4 Å². The van der Waals surface area contributed by atoms with E-state index in [1.165, 1.54) is 18.4 Å². The van der Waals surface area contributed by atoms with E-state index in [4.69, 9.17) is 5.73 Å². The van der Waals surface area contributed by atoms with Crippen LogP contribution in [0, 0.1) is 5.41 Å². The van der Waals surface area contributed by atoms with Crippen molar-refractivity contribution in [3.05, 3.63) is 35.4 Å². The summed E-state index contributed by atoms with van der Waals surface area (Å²) in [6.07, 6.45) is 2.56. The van der Waals surface area contributed by atoms with Crippen molar-refractivity contribution in [1.29, 1.82) is 0 Å². The highest BCUT2D eigenvalue weighted by atomic mass is 16.1. The van der Waals surface area contributed by atoms with Gasteiger partial charge in [-0.2, -0.15) is 0 Å². The lowest BCUT2D eigenvalue weighted by atomic mass is 9.68. The van der Waals surface area contributed by atoms with Crippen LogP contribution in [0.4, 0.5) is 0 Å². The summed E-state index contributed by atoms with van der Waals surface area (Å²) < 4.78 is 0. The van der Waals surface area contributed by atoms with E-state index in [2.05, 4.69) is 25.7 Å². The zero-order valence-electron chi connectivity index (χ0n) is 12.1. The molecule has 3 nitrogen and oxygen atoms in total. The van der Waals surface area contributed by atoms with Crippen molar-refractivity contribution in [1.82, 2.24) is 4.90 Å². The summed E-state index contributed by atoms with van der Waals surface area (Å²) in [4.78, 5) is 13.6. The summed E-state index contributed by atoms with van der Waals surface area (Å²) in [7, 11) is 0. The van der Waals surface area contributed by atoms with Gasteiger partial charge in [0.2, 0.25) is 5.91 Å². The molecule has 0 atom stereocenters. The molecule has 2 N–H and O–H groups in total. The first-order chi connectivity index (χ1) is 8.91. The van der Waals surface area contributed by atoms with Crippen molar-refractivity contribution in [3.63, 3.8) is 0 Å². The molecule has 2 rings (SSSR count). The molecule has 0 aliphatic heterocycles. The molecule has 0 radical (unpaired) electrons. The number of primary amides is 1. The van der Waals surface area contributed by atoms with E-state index in [1.807, 2.05) is 24.3 Å². The highest BCUT2D eigenvalue weighted by Crippen LogP contribution is 2.43. The second-order valence-electron chi connectivity index (χ2n) is 6.35.